The van der Waals surface area contributed by atoms with Crippen LogP contribution in [-0.4, -0.2) is 13.7 Å². The van der Waals surface area contributed by atoms with Crippen molar-refractivity contribution in [3.63, 3.8) is 0 Å². The van der Waals surface area contributed by atoms with E-state index in [-0.39, 0.29) is 6.04 Å². The van der Waals surface area contributed by atoms with E-state index in [0.29, 0.717) is 0 Å². The monoisotopic (exact) mass is 323 g/mol. The lowest BCUT2D eigenvalue weighted by Gasteiger charge is -2.16. The molecule has 0 aliphatic heterocycles. The predicted molar refractivity (Wildman–Crippen MR) is 79.5 cm³/mol. The van der Waals surface area contributed by atoms with Crippen molar-refractivity contribution in [2.24, 2.45) is 0 Å². The zero-order valence-electron chi connectivity index (χ0n) is 11.2. The first-order valence-electron chi connectivity index (χ1n) is 6.34. The van der Waals surface area contributed by atoms with E-state index in [0.717, 1.165) is 29.1 Å². The Bertz CT molecular complexity index is 524. The topological polar surface area (TPSA) is 34.4 Å². The molecule has 0 bridgehead atoms. The predicted octanol–water partition coefficient (Wildman–Crippen LogP) is 3.94. The molecule has 1 N–H and O–H groups in total. The molecule has 2 aromatic rings. The van der Waals surface area contributed by atoms with Crippen LogP contribution in [0.3, 0.4) is 0 Å². The van der Waals surface area contributed by atoms with E-state index in [1.807, 2.05) is 24.3 Å². The summed E-state index contributed by atoms with van der Waals surface area (Å²) in [6.45, 7) is 2.99. The average Bonchev–Trinajstić information content (AvgIpc) is 2.85. The maximum absolute atomic E-state index is 5.65. The van der Waals surface area contributed by atoms with Crippen LogP contribution in [-0.2, 0) is 6.42 Å². The van der Waals surface area contributed by atoms with Crippen LogP contribution in [0.25, 0.3) is 0 Å². The Morgan fingerprint density at radius 2 is 2.16 bits per heavy atom. The molecule has 0 spiro atoms. The largest absolute Gasteiger partial charge is 0.497 e. The Morgan fingerprint density at radius 1 is 1.32 bits per heavy atom. The van der Waals surface area contributed by atoms with E-state index in [1.54, 1.807) is 7.11 Å². The Labute approximate surface area is 122 Å². The highest BCUT2D eigenvalue weighted by molar-refractivity contribution is 9.10. The van der Waals surface area contributed by atoms with Crippen LogP contribution in [0.2, 0.25) is 0 Å². The maximum Gasteiger partial charge on any atom is 0.169 e. The molecule has 1 unspecified atom stereocenters. The summed E-state index contributed by atoms with van der Waals surface area (Å²) in [6, 6.07) is 12.2. The first kappa shape index (κ1) is 14.2. The summed E-state index contributed by atoms with van der Waals surface area (Å²) in [5.41, 5.74) is 1.22. The number of methoxy groups -OCH3 is 1. The molecule has 4 heteroatoms. The molecule has 0 saturated carbocycles. The second kappa shape index (κ2) is 6.78. The van der Waals surface area contributed by atoms with Gasteiger partial charge in [-0.3, -0.25) is 0 Å². The molecule has 2 rings (SSSR count). The maximum atomic E-state index is 5.65. The normalized spacial score (nSPS) is 12.4. The molecule has 1 aromatic carbocycles. The summed E-state index contributed by atoms with van der Waals surface area (Å²) >= 11 is 3.35. The summed E-state index contributed by atoms with van der Waals surface area (Å²) in [6.07, 6.45) is 0.866. The van der Waals surface area contributed by atoms with Gasteiger partial charge in [-0.15, -0.1) is 0 Å². The quantitative estimate of drug-likeness (QED) is 0.874. The third-order valence-electron chi connectivity index (χ3n) is 2.96. The van der Waals surface area contributed by atoms with E-state index in [2.05, 4.69) is 40.3 Å². The lowest BCUT2D eigenvalue weighted by Crippen LogP contribution is -2.22. The Balaban J connectivity index is 2.16. The van der Waals surface area contributed by atoms with Crippen LogP contribution in [0.5, 0.6) is 5.75 Å². The molecule has 1 heterocycles. The van der Waals surface area contributed by atoms with Crippen LogP contribution < -0.4 is 10.1 Å². The average molecular weight is 324 g/mol. The van der Waals surface area contributed by atoms with E-state index in [4.69, 9.17) is 9.15 Å². The van der Waals surface area contributed by atoms with Gasteiger partial charge in [0.05, 0.1) is 13.2 Å². The summed E-state index contributed by atoms with van der Waals surface area (Å²) in [5, 5.41) is 3.44. The smallest absolute Gasteiger partial charge is 0.169 e. The third kappa shape index (κ3) is 3.85. The van der Waals surface area contributed by atoms with Crippen LogP contribution in [0.4, 0.5) is 0 Å². The minimum atomic E-state index is 0.170. The van der Waals surface area contributed by atoms with Crippen LogP contribution in [0.15, 0.2) is 45.5 Å². The molecule has 0 aliphatic rings. The summed E-state index contributed by atoms with van der Waals surface area (Å²) in [4.78, 5) is 0. The first-order chi connectivity index (χ1) is 9.22. The van der Waals surface area contributed by atoms with Gasteiger partial charge in [0, 0.05) is 0 Å². The molecule has 0 amide bonds. The summed E-state index contributed by atoms with van der Waals surface area (Å²) < 4.78 is 11.7. The molecular weight excluding hydrogens is 306 g/mol. The minimum absolute atomic E-state index is 0.170. The van der Waals surface area contributed by atoms with E-state index < -0.39 is 0 Å². The number of ether oxygens (including phenoxy) is 1. The number of rotatable bonds is 6. The van der Waals surface area contributed by atoms with Crippen molar-refractivity contribution in [2.75, 3.05) is 13.7 Å². The highest BCUT2D eigenvalue weighted by Crippen LogP contribution is 2.24. The molecule has 3 nitrogen and oxygen atoms in total. The van der Waals surface area contributed by atoms with Crippen molar-refractivity contribution in [2.45, 2.75) is 19.4 Å². The van der Waals surface area contributed by atoms with Crippen molar-refractivity contribution < 1.29 is 9.15 Å². The van der Waals surface area contributed by atoms with Gasteiger partial charge in [-0.05, 0) is 58.7 Å². The molecule has 102 valence electrons. The highest BCUT2D eigenvalue weighted by Gasteiger charge is 2.15. The molecule has 1 aromatic heterocycles. The summed E-state index contributed by atoms with van der Waals surface area (Å²) in [7, 11) is 1.69. The second-order valence-electron chi connectivity index (χ2n) is 4.31. The standard InChI is InChI=1S/C15H18BrNO2/c1-3-17-13(14-7-8-15(16)19-14)10-11-5-4-6-12(9-11)18-2/h4-9,13,17H,3,10H2,1-2H3. The van der Waals surface area contributed by atoms with Gasteiger partial charge in [0.15, 0.2) is 4.67 Å². The number of hydrogen-bond acceptors (Lipinski definition) is 3. The van der Waals surface area contributed by atoms with Gasteiger partial charge in [0.25, 0.3) is 0 Å². The number of hydrogen-bond donors (Lipinski definition) is 1. The van der Waals surface area contributed by atoms with Crippen molar-refractivity contribution in [1.82, 2.24) is 5.32 Å². The number of furan rings is 1. The van der Waals surface area contributed by atoms with E-state index >= 15 is 0 Å². The molecule has 1 atom stereocenters. The van der Waals surface area contributed by atoms with Crippen molar-refractivity contribution in [3.05, 3.63) is 52.4 Å². The van der Waals surface area contributed by atoms with Crippen LogP contribution >= 0.6 is 15.9 Å². The van der Waals surface area contributed by atoms with Crippen molar-refractivity contribution in [1.29, 1.82) is 0 Å². The Hall–Kier alpha value is -1.26. The lowest BCUT2D eigenvalue weighted by molar-refractivity contribution is 0.401. The fraction of sp³-hybridized carbons (Fsp3) is 0.333. The summed E-state index contributed by atoms with van der Waals surface area (Å²) in [5.74, 6) is 1.82. The van der Waals surface area contributed by atoms with Gasteiger partial charge in [-0.1, -0.05) is 19.1 Å². The van der Waals surface area contributed by atoms with Gasteiger partial charge in [-0.25, -0.2) is 0 Å². The van der Waals surface area contributed by atoms with Gasteiger partial charge >= 0.3 is 0 Å². The molecule has 0 radical (unpaired) electrons. The van der Waals surface area contributed by atoms with Crippen molar-refractivity contribution >= 4 is 15.9 Å². The fourth-order valence-electron chi connectivity index (χ4n) is 2.07. The zero-order chi connectivity index (χ0) is 13.7. The Kier molecular flexibility index (Phi) is 5.05. The van der Waals surface area contributed by atoms with E-state index in [1.165, 1.54) is 5.56 Å². The molecular formula is C15H18BrNO2. The fourth-order valence-corrected chi connectivity index (χ4v) is 2.39. The number of likely N-dealkylation sites (N-methyl/N-ethyl adjacent to an activating group) is 1. The second-order valence-corrected chi connectivity index (χ2v) is 5.09. The van der Waals surface area contributed by atoms with Crippen LogP contribution in [0, 0.1) is 0 Å². The lowest BCUT2D eigenvalue weighted by atomic mass is 10.0. The molecule has 0 fully saturated rings. The molecule has 0 aliphatic carbocycles. The van der Waals surface area contributed by atoms with Gasteiger partial charge in [0.2, 0.25) is 0 Å². The van der Waals surface area contributed by atoms with Gasteiger partial charge in [-0.2, -0.15) is 0 Å². The molecule has 0 saturated heterocycles. The highest BCUT2D eigenvalue weighted by atomic mass is 79.9. The first-order valence-corrected chi connectivity index (χ1v) is 7.13. The zero-order valence-corrected chi connectivity index (χ0v) is 12.7. The van der Waals surface area contributed by atoms with Crippen molar-refractivity contribution in [3.8, 4) is 5.75 Å². The van der Waals surface area contributed by atoms with Crippen LogP contribution in [0.1, 0.15) is 24.3 Å². The minimum Gasteiger partial charge on any atom is -0.497 e. The third-order valence-corrected chi connectivity index (χ3v) is 3.39. The van der Waals surface area contributed by atoms with E-state index in [9.17, 15) is 0 Å². The number of nitrogens with one attached hydrogen (secondary N) is 1. The molecule has 19 heavy (non-hydrogen) atoms. The SMILES string of the molecule is CCNC(Cc1cccc(OC)c1)c1ccc(Br)o1. The number of halogens is 1. The number of benzene rings is 1. The Morgan fingerprint density at radius 3 is 2.79 bits per heavy atom. The van der Waals surface area contributed by atoms with Gasteiger partial charge < -0.3 is 14.5 Å². The van der Waals surface area contributed by atoms with Gasteiger partial charge in [0.1, 0.15) is 11.5 Å².